The summed E-state index contributed by atoms with van der Waals surface area (Å²) in [4.78, 5) is 12.5. The monoisotopic (exact) mass is 354 g/mol. The molecule has 126 valence electrons. The van der Waals surface area contributed by atoms with E-state index in [9.17, 15) is 4.79 Å². The van der Waals surface area contributed by atoms with Crippen molar-refractivity contribution >= 4 is 17.5 Å². The van der Waals surface area contributed by atoms with Crippen LogP contribution < -0.4 is 9.47 Å². The third-order valence-electron chi connectivity index (χ3n) is 3.64. The number of carbonyl (C=O) groups excluding carboxylic acids is 1. The molecule has 0 saturated carbocycles. The zero-order chi connectivity index (χ0) is 17.1. The van der Waals surface area contributed by atoms with Gasteiger partial charge in [0.25, 0.3) is 0 Å². The van der Waals surface area contributed by atoms with Crippen molar-refractivity contribution in [2.24, 2.45) is 0 Å². The number of benzene rings is 2. The molecule has 0 radical (unpaired) electrons. The van der Waals surface area contributed by atoms with Gasteiger partial charge in [0.2, 0.25) is 5.16 Å². The summed E-state index contributed by atoms with van der Waals surface area (Å²) in [7, 11) is 0. The van der Waals surface area contributed by atoms with E-state index in [4.69, 9.17) is 9.47 Å². The highest BCUT2D eigenvalue weighted by molar-refractivity contribution is 7.99. The first-order valence-electron chi connectivity index (χ1n) is 7.71. The van der Waals surface area contributed by atoms with E-state index in [1.54, 1.807) is 22.9 Å². The van der Waals surface area contributed by atoms with E-state index in [1.165, 1.54) is 11.8 Å². The molecule has 0 bridgehead atoms. The van der Waals surface area contributed by atoms with Crippen molar-refractivity contribution in [3.05, 3.63) is 54.1 Å². The van der Waals surface area contributed by atoms with Gasteiger partial charge in [-0.1, -0.05) is 30.0 Å². The summed E-state index contributed by atoms with van der Waals surface area (Å²) in [6, 6.07) is 14.8. The number of para-hydroxylation sites is 1. The molecule has 1 aromatic heterocycles. The van der Waals surface area contributed by atoms with E-state index in [1.807, 2.05) is 30.3 Å². The zero-order valence-electron chi connectivity index (χ0n) is 13.2. The Balaban J connectivity index is 1.47. The molecule has 8 heteroatoms. The van der Waals surface area contributed by atoms with Crippen LogP contribution in [-0.4, -0.2) is 45.0 Å². The molecule has 0 unspecified atom stereocenters. The van der Waals surface area contributed by atoms with Gasteiger partial charge in [-0.3, -0.25) is 4.79 Å². The number of aromatic nitrogens is 4. The highest BCUT2D eigenvalue weighted by Gasteiger charge is 2.16. The van der Waals surface area contributed by atoms with Crippen LogP contribution >= 0.6 is 11.8 Å². The van der Waals surface area contributed by atoms with E-state index in [2.05, 4.69) is 15.5 Å². The molecular formula is C17H14N4O3S. The van der Waals surface area contributed by atoms with Gasteiger partial charge in [0, 0.05) is 5.56 Å². The van der Waals surface area contributed by atoms with Gasteiger partial charge in [0.1, 0.15) is 13.2 Å². The molecule has 2 aromatic carbocycles. The topological polar surface area (TPSA) is 79.1 Å². The number of thioether (sulfide) groups is 1. The van der Waals surface area contributed by atoms with Crippen molar-refractivity contribution in [1.29, 1.82) is 0 Å². The minimum absolute atomic E-state index is 0.0235. The van der Waals surface area contributed by atoms with Crippen LogP contribution in [0.2, 0.25) is 0 Å². The number of hydrogen-bond acceptors (Lipinski definition) is 7. The van der Waals surface area contributed by atoms with Gasteiger partial charge >= 0.3 is 0 Å². The lowest BCUT2D eigenvalue weighted by Gasteiger charge is -2.18. The second-order valence-electron chi connectivity index (χ2n) is 5.28. The third-order valence-corrected chi connectivity index (χ3v) is 4.56. The Morgan fingerprint density at radius 1 is 1.08 bits per heavy atom. The Bertz CT molecular complexity index is 898. The second kappa shape index (κ2) is 6.94. The zero-order valence-corrected chi connectivity index (χ0v) is 14.0. The number of ether oxygens (including phenoxy) is 2. The van der Waals surface area contributed by atoms with Gasteiger partial charge in [-0.05, 0) is 40.8 Å². The van der Waals surface area contributed by atoms with Crippen LogP contribution in [0, 0.1) is 0 Å². The maximum absolute atomic E-state index is 12.5. The van der Waals surface area contributed by atoms with Crippen LogP contribution in [0.1, 0.15) is 10.4 Å². The number of rotatable bonds is 5. The predicted octanol–water partition coefficient (Wildman–Crippen LogP) is 2.41. The van der Waals surface area contributed by atoms with Gasteiger partial charge in [-0.2, -0.15) is 4.68 Å². The van der Waals surface area contributed by atoms with Crippen molar-refractivity contribution in [2.75, 3.05) is 19.0 Å². The average Bonchev–Trinajstić information content (AvgIpc) is 3.15. The van der Waals surface area contributed by atoms with Crippen molar-refractivity contribution in [3.63, 3.8) is 0 Å². The van der Waals surface area contributed by atoms with Crippen LogP contribution in [0.3, 0.4) is 0 Å². The lowest BCUT2D eigenvalue weighted by atomic mass is 10.1. The van der Waals surface area contributed by atoms with E-state index in [-0.39, 0.29) is 11.5 Å². The van der Waals surface area contributed by atoms with Gasteiger partial charge in [-0.15, -0.1) is 5.10 Å². The first-order chi connectivity index (χ1) is 12.3. The summed E-state index contributed by atoms with van der Waals surface area (Å²) >= 11 is 1.29. The fraction of sp³-hybridized carbons (Fsp3) is 0.176. The number of Topliss-reactive ketones (excluding diaryl/α,β-unsaturated/α-hetero) is 1. The van der Waals surface area contributed by atoms with Crippen molar-refractivity contribution in [2.45, 2.75) is 5.16 Å². The first-order valence-corrected chi connectivity index (χ1v) is 8.69. The summed E-state index contributed by atoms with van der Waals surface area (Å²) in [5.41, 5.74) is 1.43. The van der Waals surface area contributed by atoms with Gasteiger partial charge in [-0.25, -0.2) is 0 Å². The highest BCUT2D eigenvalue weighted by Crippen LogP contribution is 2.31. The van der Waals surface area contributed by atoms with E-state index >= 15 is 0 Å². The van der Waals surface area contributed by atoms with Crippen molar-refractivity contribution in [1.82, 2.24) is 20.2 Å². The van der Waals surface area contributed by atoms with Crippen molar-refractivity contribution in [3.8, 4) is 17.2 Å². The molecule has 7 nitrogen and oxygen atoms in total. The SMILES string of the molecule is O=C(CSc1nnnn1-c1ccccc1)c1ccc2c(c1)OCCO2. The van der Waals surface area contributed by atoms with E-state index in [0.29, 0.717) is 35.4 Å². The molecule has 1 aliphatic rings. The molecule has 4 rings (SSSR count). The van der Waals surface area contributed by atoms with E-state index in [0.717, 1.165) is 5.69 Å². The summed E-state index contributed by atoms with van der Waals surface area (Å²) < 4.78 is 12.6. The largest absolute Gasteiger partial charge is 0.486 e. The van der Waals surface area contributed by atoms with Crippen LogP contribution in [-0.2, 0) is 0 Å². The molecule has 0 atom stereocenters. The van der Waals surface area contributed by atoms with Crippen molar-refractivity contribution < 1.29 is 14.3 Å². The lowest BCUT2D eigenvalue weighted by molar-refractivity contribution is 0.102. The summed E-state index contributed by atoms with van der Waals surface area (Å²) in [6.45, 7) is 1.02. The lowest BCUT2D eigenvalue weighted by Crippen LogP contribution is -2.16. The van der Waals surface area contributed by atoms with Crippen LogP contribution in [0.5, 0.6) is 11.5 Å². The maximum Gasteiger partial charge on any atom is 0.214 e. The summed E-state index contributed by atoms with van der Waals surface area (Å²) in [5, 5.41) is 12.2. The Morgan fingerprint density at radius 2 is 1.88 bits per heavy atom. The molecule has 2 heterocycles. The molecule has 0 amide bonds. The third kappa shape index (κ3) is 3.34. The second-order valence-corrected chi connectivity index (χ2v) is 6.22. The molecule has 25 heavy (non-hydrogen) atoms. The van der Waals surface area contributed by atoms with Crippen LogP contribution in [0.4, 0.5) is 0 Å². The molecule has 1 aliphatic heterocycles. The van der Waals surface area contributed by atoms with Crippen LogP contribution in [0.15, 0.2) is 53.7 Å². The fourth-order valence-corrected chi connectivity index (χ4v) is 3.22. The number of carbonyl (C=O) groups is 1. The minimum atomic E-state index is -0.0235. The summed E-state index contributed by atoms with van der Waals surface area (Å²) in [5.74, 6) is 1.48. The minimum Gasteiger partial charge on any atom is -0.486 e. The first kappa shape index (κ1) is 15.6. The normalized spacial score (nSPS) is 12.8. The molecule has 0 fully saturated rings. The molecule has 0 N–H and O–H groups in total. The molecular weight excluding hydrogens is 340 g/mol. The van der Waals surface area contributed by atoms with Gasteiger partial charge in [0.15, 0.2) is 17.3 Å². The Morgan fingerprint density at radius 3 is 2.72 bits per heavy atom. The number of ketones is 1. The maximum atomic E-state index is 12.5. The highest BCUT2D eigenvalue weighted by atomic mass is 32.2. The molecule has 0 aliphatic carbocycles. The van der Waals surface area contributed by atoms with Crippen LogP contribution in [0.25, 0.3) is 5.69 Å². The quantitative estimate of drug-likeness (QED) is 0.514. The Kier molecular flexibility index (Phi) is 4.34. The molecule has 0 spiro atoms. The number of hydrogen-bond donors (Lipinski definition) is 0. The standard InChI is InChI=1S/C17H14N4O3S/c22-14(12-6-7-15-16(10-12)24-9-8-23-15)11-25-17-18-19-20-21(17)13-4-2-1-3-5-13/h1-7,10H,8-9,11H2. The molecule has 0 saturated heterocycles. The smallest absolute Gasteiger partial charge is 0.214 e. The van der Waals surface area contributed by atoms with Gasteiger partial charge < -0.3 is 9.47 Å². The predicted molar refractivity (Wildman–Crippen MR) is 91.6 cm³/mol. The number of tetrazole rings is 1. The summed E-state index contributed by atoms with van der Waals surface area (Å²) in [6.07, 6.45) is 0. The number of fused-ring (bicyclic) bond motifs is 1. The Labute approximate surface area is 147 Å². The van der Waals surface area contributed by atoms with E-state index < -0.39 is 0 Å². The molecule has 3 aromatic rings. The average molecular weight is 354 g/mol. The van der Waals surface area contributed by atoms with Gasteiger partial charge in [0.05, 0.1) is 11.4 Å². The Hall–Kier alpha value is -2.87. The number of nitrogens with zero attached hydrogens (tertiary/aromatic N) is 4. The fourth-order valence-electron chi connectivity index (χ4n) is 2.43.